The van der Waals surface area contributed by atoms with Gasteiger partial charge >= 0.3 is 0 Å². The second-order valence-electron chi connectivity index (χ2n) is 4.32. The van der Waals surface area contributed by atoms with Gasteiger partial charge in [0.2, 0.25) is 0 Å². The van der Waals surface area contributed by atoms with Crippen molar-refractivity contribution in [3.8, 4) is 0 Å². The van der Waals surface area contributed by atoms with E-state index in [9.17, 15) is 0 Å². The van der Waals surface area contributed by atoms with Gasteiger partial charge in [0.25, 0.3) is 0 Å². The molecule has 0 fully saturated rings. The van der Waals surface area contributed by atoms with Crippen LogP contribution in [0.4, 0.5) is 0 Å². The topological polar surface area (TPSA) is 9.23 Å². The molecule has 15 heavy (non-hydrogen) atoms. The number of ether oxygens (including phenoxy) is 1. The lowest BCUT2D eigenvalue weighted by molar-refractivity contribution is 0.0560. The molecule has 0 saturated heterocycles. The third-order valence-electron chi connectivity index (χ3n) is 2.67. The number of rotatable bonds is 11. The summed E-state index contributed by atoms with van der Waals surface area (Å²) in [6, 6.07) is 0. The van der Waals surface area contributed by atoms with Crippen LogP contribution in [0, 0.1) is 0 Å². The van der Waals surface area contributed by atoms with Crippen LogP contribution in [0.5, 0.6) is 0 Å². The molecule has 0 aliphatic rings. The smallest absolute Gasteiger partial charge is 0.0547 e. The second kappa shape index (κ2) is 12.4. The molecule has 0 N–H and O–H groups in total. The van der Waals surface area contributed by atoms with Crippen LogP contribution in [0.3, 0.4) is 0 Å². The van der Waals surface area contributed by atoms with Gasteiger partial charge in [-0.25, -0.2) is 0 Å². The van der Waals surface area contributed by atoms with Gasteiger partial charge in [-0.15, -0.1) is 0 Å². The van der Waals surface area contributed by atoms with Crippen molar-refractivity contribution in [1.29, 1.82) is 0 Å². The fourth-order valence-electron chi connectivity index (χ4n) is 1.62. The first kappa shape index (κ1) is 15.3. The summed E-state index contributed by atoms with van der Waals surface area (Å²) in [5, 5.41) is 0. The summed E-state index contributed by atoms with van der Waals surface area (Å²) in [4.78, 5) is 0. The molecule has 2 heteroatoms. The van der Waals surface area contributed by atoms with E-state index in [1.54, 1.807) is 0 Å². The predicted molar refractivity (Wildman–Crippen MR) is 71.9 cm³/mol. The number of unbranched alkanes of at least 4 members (excludes halogenated alkanes) is 5. The van der Waals surface area contributed by atoms with Gasteiger partial charge in [0, 0.05) is 6.61 Å². The van der Waals surface area contributed by atoms with Gasteiger partial charge in [-0.05, 0) is 31.9 Å². The third kappa shape index (κ3) is 12.2. The van der Waals surface area contributed by atoms with Crippen LogP contribution in [-0.2, 0) is 4.74 Å². The minimum atomic E-state index is 0.456. The summed E-state index contributed by atoms with van der Waals surface area (Å²) in [5.74, 6) is 1.01. The van der Waals surface area contributed by atoms with E-state index in [0.29, 0.717) is 6.10 Å². The van der Waals surface area contributed by atoms with E-state index >= 15 is 0 Å². The van der Waals surface area contributed by atoms with Crippen LogP contribution >= 0.6 is 12.6 Å². The minimum absolute atomic E-state index is 0.456. The lowest BCUT2D eigenvalue weighted by atomic mass is 10.1. The highest BCUT2D eigenvalue weighted by molar-refractivity contribution is 7.80. The van der Waals surface area contributed by atoms with Gasteiger partial charge in [-0.2, -0.15) is 12.6 Å². The average molecular weight is 232 g/mol. The summed E-state index contributed by atoms with van der Waals surface area (Å²) < 4.78 is 5.74. The molecule has 0 amide bonds. The van der Waals surface area contributed by atoms with Crippen molar-refractivity contribution in [2.24, 2.45) is 0 Å². The Morgan fingerprint density at radius 2 is 1.73 bits per heavy atom. The van der Waals surface area contributed by atoms with E-state index in [1.807, 2.05) is 0 Å². The highest BCUT2D eigenvalue weighted by Crippen LogP contribution is 2.08. The molecule has 0 saturated carbocycles. The van der Waals surface area contributed by atoms with Crippen LogP contribution in [0.1, 0.15) is 65.2 Å². The second-order valence-corrected chi connectivity index (χ2v) is 4.76. The quantitative estimate of drug-likeness (QED) is 0.409. The Labute approximate surface area is 101 Å². The van der Waals surface area contributed by atoms with Crippen molar-refractivity contribution in [2.45, 2.75) is 71.3 Å². The third-order valence-corrected chi connectivity index (χ3v) is 2.99. The first-order valence-corrected chi connectivity index (χ1v) is 7.17. The van der Waals surface area contributed by atoms with Crippen molar-refractivity contribution in [3.63, 3.8) is 0 Å². The Hall–Kier alpha value is 0.310. The van der Waals surface area contributed by atoms with Crippen LogP contribution in [0.15, 0.2) is 0 Å². The van der Waals surface area contributed by atoms with Crippen LogP contribution < -0.4 is 0 Å². The minimum Gasteiger partial charge on any atom is -0.379 e. The first-order chi connectivity index (χ1) is 7.31. The molecule has 0 radical (unpaired) electrons. The van der Waals surface area contributed by atoms with Crippen LogP contribution in [0.2, 0.25) is 0 Å². The molecule has 1 nitrogen and oxygen atoms in total. The maximum atomic E-state index is 5.74. The molecule has 1 unspecified atom stereocenters. The molecule has 0 aromatic rings. The van der Waals surface area contributed by atoms with E-state index < -0.39 is 0 Å². The maximum Gasteiger partial charge on any atom is 0.0547 e. The fourth-order valence-corrected chi connectivity index (χ4v) is 1.84. The monoisotopic (exact) mass is 232 g/mol. The summed E-state index contributed by atoms with van der Waals surface area (Å²) in [5.41, 5.74) is 0. The number of hydrogen-bond donors (Lipinski definition) is 1. The van der Waals surface area contributed by atoms with Gasteiger partial charge in [0.1, 0.15) is 0 Å². The molecular formula is C13H28OS. The van der Waals surface area contributed by atoms with Crippen molar-refractivity contribution in [3.05, 3.63) is 0 Å². The molecule has 0 spiro atoms. The Bertz CT molecular complexity index is 117. The lowest BCUT2D eigenvalue weighted by Gasteiger charge is -2.12. The lowest BCUT2D eigenvalue weighted by Crippen LogP contribution is -2.09. The van der Waals surface area contributed by atoms with E-state index in [-0.39, 0.29) is 0 Å². The molecule has 0 bridgehead atoms. The Kier molecular flexibility index (Phi) is 12.6. The molecule has 0 aliphatic heterocycles. The van der Waals surface area contributed by atoms with E-state index in [0.717, 1.165) is 12.4 Å². The van der Waals surface area contributed by atoms with Gasteiger partial charge in [-0.1, -0.05) is 39.0 Å². The van der Waals surface area contributed by atoms with Crippen molar-refractivity contribution < 1.29 is 4.74 Å². The zero-order chi connectivity index (χ0) is 11.4. The predicted octanol–water partition coefficient (Wildman–Crippen LogP) is 4.46. The molecule has 0 aliphatic carbocycles. The Morgan fingerprint density at radius 3 is 2.40 bits per heavy atom. The fraction of sp³-hybridized carbons (Fsp3) is 1.00. The molecule has 0 aromatic heterocycles. The summed E-state index contributed by atoms with van der Waals surface area (Å²) in [6.45, 7) is 5.38. The van der Waals surface area contributed by atoms with E-state index in [2.05, 4.69) is 26.5 Å². The van der Waals surface area contributed by atoms with Crippen molar-refractivity contribution >= 4 is 12.6 Å². The van der Waals surface area contributed by atoms with Crippen molar-refractivity contribution in [2.75, 3.05) is 12.4 Å². The van der Waals surface area contributed by atoms with Crippen LogP contribution in [0.25, 0.3) is 0 Å². The summed E-state index contributed by atoms with van der Waals surface area (Å²) in [6.07, 6.45) is 10.7. The highest BCUT2D eigenvalue weighted by Gasteiger charge is 2.01. The highest BCUT2D eigenvalue weighted by atomic mass is 32.1. The van der Waals surface area contributed by atoms with E-state index in [4.69, 9.17) is 4.74 Å². The molecule has 92 valence electrons. The Balaban J connectivity index is 3.08. The number of hydrogen-bond acceptors (Lipinski definition) is 2. The van der Waals surface area contributed by atoms with E-state index in [1.165, 1.54) is 51.4 Å². The molecule has 1 atom stereocenters. The maximum absolute atomic E-state index is 5.74. The molecular weight excluding hydrogens is 204 g/mol. The normalized spacial score (nSPS) is 13.0. The van der Waals surface area contributed by atoms with Crippen molar-refractivity contribution in [1.82, 2.24) is 0 Å². The summed E-state index contributed by atoms with van der Waals surface area (Å²) >= 11 is 4.19. The Morgan fingerprint density at radius 1 is 1.00 bits per heavy atom. The number of thiol groups is 1. The zero-order valence-corrected chi connectivity index (χ0v) is 11.4. The molecule has 0 rings (SSSR count). The zero-order valence-electron chi connectivity index (χ0n) is 10.5. The van der Waals surface area contributed by atoms with Crippen LogP contribution in [-0.4, -0.2) is 18.5 Å². The van der Waals surface area contributed by atoms with Gasteiger partial charge in [-0.3, -0.25) is 0 Å². The first-order valence-electron chi connectivity index (χ1n) is 6.53. The van der Waals surface area contributed by atoms with Gasteiger partial charge in [0.05, 0.1) is 6.10 Å². The average Bonchev–Trinajstić information content (AvgIpc) is 2.24. The largest absolute Gasteiger partial charge is 0.379 e. The van der Waals surface area contributed by atoms with Gasteiger partial charge in [0.15, 0.2) is 0 Å². The molecule has 0 aromatic carbocycles. The van der Waals surface area contributed by atoms with Gasteiger partial charge < -0.3 is 4.74 Å². The SMILES string of the molecule is CCCCCCC(C)OCCCCCS. The standard InChI is InChI=1S/C13H28OS/c1-3-4-5-7-10-13(2)14-11-8-6-9-12-15/h13,15H,3-12H2,1-2H3. The molecule has 0 heterocycles. The summed E-state index contributed by atoms with van der Waals surface area (Å²) in [7, 11) is 0.